The Morgan fingerprint density at radius 1 is 1.00 bits per heavy atom. The van der Waals surface area contributed by atoms with Crippen LogP contribution in [0.2, 0.25) is 0 Å². The summed E-state index contributed by atoms with van der Waals surface area (Å²) in [6.45, 7) is 7.39. The summed E-state index contributed by atoms with van der Waals surface area (Å²) in [7, 11) is 8.38. The normalized spacial score (nSPS) is 13.6. The number of aliphatic imine (C=N–C) groups is 2. The topological polar surface area (TPSA) is 31.2 Å². The lowest BCUT2D eigenvalue weighted by molar-refractivity contribution is 0.345. The molecule has 1 unspecified atom stereocenters. The molecule has 0 aromatic rings. The third-order valence-corrected chi connectivity index (χ3v) is 3.35. The Kier molecular flexibility index (Phi) is 13.5. The third kappa shape index (κ3) is 12.6. The molecule has 0 saturated carbocycles. The molecule has 0 aliphatic rings. The van der Waals surface area contributed by atoms with Gasteiger partial charge in [-0.2, -0.15) is 0 Å². The molecular formula is C15H33ClN4. The van der Waals surface area contributed by atoms with Gasteiger partial charge in [-0.15, -0.1) is 12.4 Å². The first-order chi connectivity index (χ1) is 8.89. The second-order valence-electron chi connectivity index (χ2n) is 6.01. The molecule has 20 heavy (non-hydrogen) atoms. The van der Waals surface area contributed by atoms with Crippen molar-refractivity contribution in [1.82, 2.24) is 9.80 Å². The van der Waals surface area contributed by atoms with E-state index in [4.69, 9.17) is 0 Å². The van der Waals surface area contributed by atoms with Crippen molar-refractivity contribution >= 4 is 18.4 Å². The van der Waals surface area contributed by atoms with Crippen molar-refractivity contribution in [2.45, 2.75) is 45.1 Å². The van der Waals surface area contributed by atoms with E-state index in [0.29, 0.717) is 0 Å². The molecule has 0 N–H and O–H groups in total. The van der Waals surface area contributed by atoms with E-state index < -0.39 is 0 Å². The van der Waals surface area contributed by atoms with Crippen LogP contribution in [0.3, 0.4) is 0 Å². The van der Waals surface area contributed by atoms with Crippen LogP contribution >= 0.6 is 12.4 Å². The minimum atomic E-state index is 0. The molecule has 1 atom stereocenters. The Labute approximate surface area is 131 Å². The van der Waals surface area contributed by atoms with Gasteiger partial charge in [-0.1, -0.05) is 6.92 Å². The fraction of sp³-hybridized carbons (Fsp3) is 0.933. The molecule has 0 bridgehead atoms. The van der Waals surface area contributed by atoms with E-state index in [0.717, 1.165) is 38.9 Å². The van der Waals surface area contributed by atoms with Gasteiger partial charge in [0, 0.05) is 0 Å². The molecule has 0 heterocycles. The fourth-order valence-corrected chi connectivity index (χ4v) is 1.76. The number of halogens is 1. The first kappa shape index (κ1) is 21.9. The largest absolute Gasteiger partial charge is 0.309 e. The van der Waals surface area contributed by atoms with Gasteiger partial charge in [0.25, 0.3) is 0 Å². The molecule has 0 fully saturated rings. The molecule has 0 amide bonds. The highest BCUT2D eigenvalue weighted by molar-refractivity contribution is 5.85. The highest BCUT2D eigenvalue weighted by Gasteiger charge is 2.19. The number of hydrogen-bond acceptors (Lipinski definition) is 4. The molecule has 0 spiro atoms. The Morgan fingerprint density at radius 2 is 1.55 bits per heavy atom. The summed E-state index contributed by atoms with van der Waals surface area (Å²) < 4.78 is 0. The van der Waals surface area contributed by atoms with Crippen molar-refractivity contribution in [3.63, 3.8) is 0 Å². The molecule has 0 aromatic heterocycles. The van der Waals surface area contributed by atoms with Crippen LogP contribution in [0, 0.1) is 0 Å². The molecule has 0 rings (SSSR count). The van der Waals surface area contributed by atoms with Crippen molar-refractivity contribution < 1.29 is 0 Å². The summed E-state index contributed by atoms with van der Waals surface area (Å²) in [5, 5.41) is 0. The lowest BCUT2D eigenvalue weighted by Crippen LogP contribution is -2.23. The zero-order valence-electron chi connectivity index (χ0n) is 14.1. The second-order valence-corrected chi connectivity index (χ2v) is 6.01. The monoisotopic (exact) mass is 304 g/mol. The Bertz CT molecular complexity index is 286. The van der Waals surface area contributed by atoms with Gasteiger partial charge >= 0.3 is 0 Å². The van der Waals surface area contributed by atoms with E-state index in [1.807, 2.05) is 0 Å². The van der Waals surface area contributed by atoms with Gasteiger partial charge in [0.2, 0.25) is 0 Å². The van der Waals surface area contributed by atoms with Crippen molar-refractivity contribution in [3.05, 3.63) is 0 Å². The van der Waals surface area contributed by atoms with Crippen LogP contribution < -0.4 is 0 Å². The maximum atomic E-state index is 4.54. The molecule has 0 saturated heterocycles. The Hall–Kier alpha value is -0.410. The number of rotatable bonds is 10. The van der Waals surface area contributed by atoms with Gasteiger partial charge < -0.3 is 9.80 Å². The predicted molar refractivity (Wildman–Crippen MR) is 91.6 cm³/mol. The molecule has 0 aromatic carbocycles. The van der Waals surface area contributed by atoms with E-state index in [1.54, 1.807) is 0 Å². The SMILES string of the molecule is CCC(C)(CCCN(C)C)N=C=NCCCN(C)C.Cl. The van der Waals surface area contributed by atoms with Gasteiger partial charge in [-0.25, -0.2) is 9.98 Å². The van der Waals surface area contributed by atoms with Gasteiger partial charge in [0.1, 0.15) is 0 Å². The van der Waals surface area contributed by atoms with E-state index in [1.165, 1.54) is 6.42 Å². The van der Waals surface area contributed by atoms with Crippen LogP contribution in [0.5, 0.6) is 0 Å². The Morgan fingerprint density at radius 3 is 2.05 bits per heavy atom. The lowest BCUT2D eigenvalue weighted by atomic mass is 9.93. The minimum absolute atomic E-state index is 0. The van der Waals surface area contributed by atoms with Crippen molar-refractivity contribution in [3.8, 4) is 0 Å². The fourth-order valence-electron chi connectivity index (χ4n) is 1.76. The number of hydrogen-bond donors (Lipinski definition) is 0. The summed E-state index contributed by atoms with van der Waals surface area (Å²) in [6, 6.07) is 2.91. The zero-order valence-corrected chi connectivity index (χ0v) is 15.0. The highest BCUT2D eigenvalue weighted by atomic mass is 35.5. The average molecular weight is 305 g/mol. The minimum Gasteiger partial charge on any atom is -0.309 e. The van der Waals surface area contributed by atoms with Crippen molar-refractivity contribution in [2.75, 3.05) is 47.8 Å². The molecule has 0 radical (unpaired) electrons. The molecule has 0 aliphatic heterocycles. The molecular weight excluding hydrogens is 272 g/mol. The van der Waals surface area contributed by atoms with Crippen LogP contribution in [-0.2, 0) is 0 Å². The molecule has 120 valence electrons. The summed E-state index contributed by atoms with van der Waals surface area (Å²) >= 11 is 0. The van der Waals surface area contributed by atoms with Gasteiger partial charge in [0.05, 0.1) is 18.1 Å². The first-order valence-corrected chi connectivity index (χ1v) is 7.32. The summed E-state index contributed by atoms with van der Waals surface area (Å²) in [4.78, 5) is 13.2. The molecule has 4 nitrogen and oxygen atoms in total. The van der Waals surface area contributed by atoms with Crippen molar-refractivity contribution in [2.24, 2.45) is 9.98 Å². The van der Waals surface area contributed by atoms with Crippen LogP contribution in [0.1, 0.15) is 39.5 Å². The van der Waals surface area contributed by atoms with Gasteiger partial charge in [-0.05, 0) is 73.9 Å². The van der Waals surface area contributed by atoms with Gasteiger partial charge in [0.15, 0.2) is 0 Å². The summed E-state index contributed by atoms with van der Waals surface area (Å²) in [5.41, 5.74) is 0.00105. The van der Waals surface area contributed by atoms with E-state index in [-0.39, 0.29) is 17.9 Å². The standard InChI is InChI=1S/C15H32N4.ClH/c1-7-15(2,10-8-12-18(3)4)17-14-16-11-9-13-19(5)6;/h7-13H2,1-6H3;1H. The lowest BCUT2D eigenvalue weighted by Gasteiger charge is -2.22. The van der Waals surface area contributed by atoms with Crippen LogP contribution in [-0.4, -0.2) is 69.2 Å². The second kappa shape index (κ2) is 12.3. The van der Waals surface area contributed by atoms with Gasteiger partial charge in [-0.3, -0.25) is 0 Å². The third-order valence-electron chi connectivity index (χ3n) is 3.35. The summed E-state index contributed by atoms with van der Waals surface area (Å²) in [5.74, 6) is 0. The van der Waals surface area contributed by atoms with E-state index in [9.17, 15) is 0 Å². The maximum Gasteiger partial charge on any atom is 0.0898 e. The van der Waals surface area contributed by atoms with Crippen LogP contribution in [0.25, 0.3) is 0 Å². The quantitative estimate of drug-likeness (QED) is 0.459. The molecule has 0 aliphatic carbocycles. The predicted octanol–water partition coefficient (Wildman–Crippen LogP) is 3.04. The molecule has 5 heteroatoms. The Balaban J connectivity index is 0. The van der Waals surface area contributed by atoms with E-state index >= 15 is 0 Å². The maximum absolute atomic E-state index is 4.54. The van der Waals surface area contributed by atoms with Crippen molar-refractivity contribution in [1.29, 1.82) is 0 Å². The highest BCUT2D eigenvalue weighted by Crippen LogP contribution is 2.21. The van der Waals surface area contributed by atoms with E-state index in [2.05, 4.69) is 67.8 Å². The zero-order chi connectivity index (χ0) is 14.7. The average Bonchev–Trinajstić information content (AvgIpc) is 2.33. The number of nitrogens with zero attached hydrogens (tertiary/aromatic N) is 4. The van der Waals surface area contributed by atoms with Crippen LogP contribution in [0.4, 0.5) is 0 Å². The smallest absolute Gasteiger partial charge is 0.0898 e. The summed E-state index contributed by atoms with van der Waals surface area (Å²) in [6.07, 6.45) is 4.38. The van der Waals surface area contributed by atoms with Crippen LogP contribution in [0.15, 0.2) is 9.98 Å². The first-order valence-electron chi connectivity index (χ1n) is 7.32.